The molecule has 0 aromatic heterocycles. The third-order valence-electron chi connectivity index (χ3n) is 3.54. The minimum atomic E-state index is -1.16. The number of alkyl halides is 2. The highest BCUT2D eigenvalue weighted by molar-refractivity contribution is 4.89. The average Bonchev–Trinajstić information content (AvgIpc) is 2.12. The maximum atomic E-state index is 13.3. The van der Waals surface area contributed by atoms with Crippen LogP contribution in [0.15, 0.2) is 0 Å². The smallest absolute Gasteiger partial charge is 0.134 e. The lowest BCUT2D eigenvalue weighted by Crippen LogP contribution is -2.39. The normalized spacial score (nSPS) is 48.5. The summed E-state index contributed by atoms with van der Waals surface area (Å²) in [7, 11) is 0. The van der Waals surface area contributed by atoms with E-state index in [0.717, 1.165) is 25.7 Å². The predicted octanol–water partition coefficient (Wildman–Crippen LogP) is 3.26. The van der Waals surface area contributed by atoms with Gasteiger partial charge >= 0.3 is 0 Å². The van der Waals surface area contributed by atoms with Crippen molar-refractivity contribution in [3.05, 3.63) is 0 Å². The Hall–Kier alpha value is -0.140. The summed E-state index contributed by atoms with van der Waals surface area (Å²) in [5.74, 6) is 0.559. The van der Waals surface area contributed by atoms with Crippen LogP contribution in [0.4, 0.5) is 8.78 Å². The molecule has 70 valence electrons. The molecule has 2 heteroatoms. The molecule has 4 atom stereocenters. The molecular formula is C10H16F2. The van der Waals surface area contributed by atoms with Gasteiger partial charge in [-0.15, -0.1) is 0 Å². The van der Waals surface area contributed by atoms with E-state index in [9.17, 15) is 8.78 Å². The van der Waals surface area contributed by atoms with Gasteiger partial charge in [0.25, 0.3) is 0 Å². The fraction of sp³-hybridized carbons (Fsp3) is 1.00. The van der Waals surface area contributed by atoms with Crippen LogP contribution in [-0.2, 0) is 0 Å². The Morgan fingerprint density at radius 2 is 1.58 bits per heavy atom. The Labute approximate surface area is 72.3 Å². The van der Waals surface area contributed by atoms with E-state index in [0.29, 0.717) is 12.3 Å². The number of rotatable bonds is 0. The first kappa shape index (κ1) is 8.46. The van der Waals surface area contributed by atoms with E-state index in [4.69, 9.17) is 0 Å². The Kier molecular flexibility index (Phi) is 2.33. The molecule has 2 aliphatic carbocycles. The van der Waals surface area contributed by atoms with Gasteiger partial charge in [0.2, 0.25) is 0 Å². The van der Waals surface area contributed by atoms with Gasteiger partial charge in [-0.3, -0.25) is 0 Å². The Balaban J connectivity index is 2.03. The quantitative estimate of drug-likeness (QED) is 0.528. The van der Waals surface area contributed by atoms with Crippen LogP contribution in [0.3, 0.4) is 0 Å². The van der Waals surface area contributed by atoms with Crippen LogP contribution in [0.2, 0.25) is 0 Å². The first-order chi connectivity index (χ1) is 5.79. The molecule has 4 unspecified atom stereocenters. The topological polar surface area (TPSA) is 0 Å². The lowest BCUT2D eigenvalue weighted by molar-refractivity contribution is 0.00759. The molecule has 0 saturated heterocycles. The largest absolute Gasteiger partial charge is 0.244 e. The van der Waals surface area contributed by atoms with Crippen LogP contribution in [-0.4, -0.2) is 12.3 Å². The molecule has 2 rings (SSSR count). The van der Waals surface area contributed by atoms with E-state index >= 15 is 0 Å². The highest BCUT2D eigenvalue weighted by atomic mass is 19.2. The Morgan fingerprint density at radius 1 is 0.833 bits per heavy atom. The first-order valence-electron chi connectivity index (χ1n) is 5.07. The van der Waals surface area contributed by atoms with Crippen molar-refractivity contribution in [2.75, 3.05) is 0 Å². The van der Waals surface area contributed by atoms with Crippen molar-refractivity contribution < 1.29 is 8.78 Å². The number of hydrogen-bond acceptors (Lipinski definition) is 0. The van der Waals surface area contributed by atoms with Gasteiger partial charge < -0.3 is 0 Å². The van der Waals surface area contributed by atoms with Crippen molar-refractivity contribution in [3.63, 3.8) is 0 Å². The van der Waals surface area contributed by atoms with Gasteiger partial charge in [0.05, 0.1) is 0 Å². The van der Waals surface area contributed by atoms with Gasteiger partial charge in [-0.05, 0) is 31.1 Å². The molecule has 0 heterocycles. The Bertz CT molecular complexity index is 156. The van der Waals surface area contributed by atoms with Crippen LogP contribution in [0.1, 0.15) is 38.5 Å². The summed E-state index contributed by atoms with van der Waals surface area (Å²) in [6.45, 7) is 0. The Morgan fingerprint density at radius 3 is 2.42 bits per heavy atom. The maximum absolute atomic E-state index is 13.3. The lowest BCUT2D eigenvalue weighted by atomic mass is 9.69. The molecule has 0 spiro atoms. The van der Waals surface area contributed by atoms with Crippen LogP contribution >= 0.6 is 0 Å². The zero-order valence-electron chi connectivity index (χ0n) is 7.31. The standard InChI is InChI=1S/C10H16F2/c11-9-6-5-7-3-1-2-4-8(7)10(9)12/h7-10H,1-6H2. The maximum Gasteiger partial charge on any atom is 0.134 e. The van der Waals surface area contributed by atoms with Crippen LogP contribution in [0.5, 0.6) is 0 Å². The molecule has 0 bridgehead atoms. The number of fused-ring (bicyclic) bond motifs is 1. The molecular weight excluding hydrogens is 158 g/mol. The second kappa shape index (κ2) is 3.31. The molecule has 0 amide bonds. The van der Waals surface area contributed by atoms with E-state index in [1.807, 2.05) is 0 Å². The van der Waals surface area contributed by atoms with Crippen molar-refractivity contribution in [2.45, 2.75) is 50.9 Å². The first-order valence-corrected chi connectivity index (χ1v) is 5.07. The van der Waals surface area contributed by atoms with Gasteiger partial charge in [-0.25, -0.2) is 8.78 Å². The summed E-state index contributed by atoms with van der Waals surface area (Å²) in [5, 5.41) is 0. The van der Waals surface area contributed by atoms with Gasteiger partial charge in [0.1, 0.15) is 12.3 Å². The lowest BCUT2D eigenvalue weighted by Gasteiger charge is -2.39. The zero-order chi connectivity index (χ0) is 8.55. The number of halogens is 2. The minimum Gasteiger partial charge on any atom is -0.244 e. The molecule has 0 aromatic carbocycles. The van der Waals surface area contributed by atoms with Crippen molar-refractivity contribution in [2.24, 2.45) is 11.8 Å². The van der Waals surface area contributed by atoms with Crippen LogP contribution in [0, 0.1) is 11.8 Å². The molecule has 0 aromatic rings. The second-order valence-corrected chi connectivity index (χ2v) is 4.25. The van der Waals surface area contributed by atoms with E-state index in [2.05, 4.69) is 0 Å². The molecule has 2 saturated carbocycles. The van der Waals surface area contributed by atoms with Crippen molar-refractivity contribution >= 4 is 0 Å². The molecule has 2 aliphatic rings. The van der Waals surface area contributed by atoms with Crippen LogP contribution in [0.25, 0.3) is 0 Å². The summed E-state index contributed by atoms with van der Waals surface area (Å²) in [6, 6.07) is 0. The molecule has 0 radical (unpaired) electrons. The highest BCUT2D eigenvalue weighted by Crippen LogP contribution is 2.42. The van der Waals surface area contributed by atoms with Crippen LogP contribution < -0.4 is 0 Å². The number of hydrogen-bond donors (Lipinski definition) is 0. The van der Waals surface area contributed by atoms with E-state index in [-0.39, 0.29) is 5.92 Å². The minimum absolute atomic E-state index is 0.0579. The fourth-order valence-corrected chi connectivity index (χ4v) is 2.81. The highest BCUT2D eigenvalue weighted by Gasteiger charge is 2.40. The average molecular weight is 174 g/mol. The molecule has 2 fully saturated rings. The summed E-state index contributed by atoms with van der Waals surface area (Å²) >= 11 is 0. The van der Waals surface area contributed by atoms with Gasteiger partial charge in [0.15, 0.2) is 0 Å². The summed E-state index contributed by atoms with van der Waals surface area (Å²) in [5.41, 5.74) is 0. The summed E-state index contributed by atoms with van der Waals surface area (Å²) < 4.78 is 26.3. The molecule has 12 heavy (non-hydrogen) atoms. The molecule has 0 nitrogen and oxygen atoms in total. The fourth-order valence-electron chi connectivity index (χ4n) is 2.81. The predicted molar refractivity (Wildman–Crippen MR) is 44.5 cm³/mol. The SMILES string of the molecule is FC1CCC2CCCCC2C1F. The van der Waals surface area contributed by atoms with Crippen molar-refractivity contribution in [3.8, 4) is 0 Å². The van der Waals surface area contributed by atoms with Gasteiger partial charge in [0, 0.05) is 0 Å². The monoisotopic (exact) mass is 174 g/mol. The third kappa shape index (κ3) is 1.36. The molecule has 0 aliphatic heterocycles. The van der Waals surface area contributed by atoms with E-state index < -0.39 is 12.3 Å². The van der Waals surface area contributed by atoms with E-state index in [1.165, 1.54) is 6.42 Å². The second-order valence-electron chi connectivity index (χ2n) is 4.25. The van der Waals surface area contributed by atoms with E-state index in [1.54, 1.807) is 0 Å². The molecule has 0 N–H and O–H groups in total. The van der Waals surface area contributed by atoms with Gasteiger partial charge in [-0.1, -0.05) is 19.3 Å². The summed E-state index contributed by atoms with van der Waals surface area (Å²) in [4.78, 5) is 0. The van der Waals surface area contributed by atoms with Crippen molar-refractivity contribution in [1.29, 1.82) is 0 Å². The summed E-state index contributed by atoms with van der Waals surface area (Å²) in [6.07, 6.45) is 3.46. The van der Waals surface area contributed by atoms with Crippen molar-refractivity contribution in [1.82, 2.24) is 0 Å². The third-order valence-corrected chi connectivity index (χ3v) is 3.54. The van der Waals surface area contributed by atoms with Gasteiger partial charge in [-0.2, -0.15) is 0 Å². The zero-order valence-corrected chi connectivity index (χ0v) is 7.31.